The Hall–Kier alpha value is -3.83. The highest BCUT2D eigenvalue weighted by Crippen LogP contribution is 2.30. The molecule has 0 fully saturated rings. The largest absolute Gasteiger partial charge is 0.335 e. The Bertz CT molecular complexity index is 1430. The van der Waals surface area contributed by atoms with E-state index in [1.165, 1.54) is 6.07 Å². The summed E-state index contributed by atoms with van der Waals surface area (Å²) in [6.45, 7) is 0.396. The van der Waals surface area contributed by atoms with Gasteiger partial charge in [0, 0.05) is 38.7 Å². The van der Waals surface area contributed by atoms with Gasteiger partial charge < -0.3 is 9.88 Å². The van der Waals surface area contributed by atoms with Gasteiger partial charge in [0.15, 0.2) is 0 Å². The molecule has 10 heteroatoms. The molecular weight excluding hydrogens is 519 g/mol. The average Bonchev–Trinajstić information content (AvgIpc) is 3.38. The van der Waals surface area contributed by atoms with E-state index in [0.717, 1.165) is 0 Å². The molecule has 4 rings (SSSR count). The zero-order chi connectivity index (χ0) is 25.5. The molecule has 0 bridgehead atoms. The second kappa shape index (κ2) is 11.7. The smallest absolute Gasteiger partial charge is 0.258 e. The summed E-state index contributed by atoms with van der Waals surface area (Å²) in [5.41, 5.74) is 2.06. The van der Waals surface area contributed by atoms with E-state index in [2.05, 4.69) is 15.6 Å². The summed E-state index contributed by atoms with van der Waals surface area (Å²) in [5.74, 6) is -0.253. The van der Waals surface area contributed by atoms with Crippen LogP contribution >= 0.6 is 34.8 Å². The highest BCUT2D eigenvalue weighted by Gasteiger charge is 2.18. The molecule has 1 aromatic heterocycles. The predicted molar refractivity (Wildman–Crippen MR) is 143 cm³/mol. The predicted octanol–water partition coefficient (Wildman–Crippen LogP) is 6.35. The second-order valence-electron chi connectivity index (χ2n) is 7.70. The topological polar surface area (TPSA) is 95.1 Å². The minimum Gasteiger partial charge on any atom is -0.335 e. The lowest BCUT2D eigenvalue weighted by atomic mass is 10.1. The van der Waals surface area contributed by atoms with Gasteiger partial charge in [-0.15, -0.1) is 0 Å². The highest BCUT2D eigenvalue weighted by molar-refractivity contribution is 6.35. The number of nitrogens with zero attached hydrogens (tertiary/aromatic N) is 4. The van der Waals surface area contributed by atoms with Crippen molar-refractivity contribution in [2.45, 2.75) is 12.6 Å². The number of amides is 1. The molecule has 0 saturated carbocycles. The fraction of sp³-hybridized carbons (Fsp3) is 0.0769. The van der Waals surface area contributed by atoms with Crippen molar-refractivity contribution in [3.05, 3.63) is 117 Å². The van der Waals surface area contributed by atoms with E-state index in [-0.39, 0.29) is 5.96 Å². The van der Waals surface area contributed by atoms with E-state index in [9.17, 15) is 10.1 Å². The lowest BCUT2D eigenvalue weighted by Gasteiger charge is -2.19. The molecule has 0 aliphatic rings. The molecule has 4 aromatic rings. The molecule has 1 atom stereocenters. The standard InChI is InChI=1S/C26H19Cl3N6O/c27-19-4-7-21(8-5-19)32-26(34-25(36)18-3-1-2-17(12-18)14-30)33-24(15-35-11-10-31-16-35)22-9-6-20(28)13-23(22)29/h1-13,16,24H,15H2,(H2,32,33,34,36)/t24-/m0/s1. The Morgan fingerprint density at radius 3 is 2.53 bits per heavy atom. The monoisotopic (exact) mass is 536 g/mol. The van der Waals surface area contributed by atoms with Gasteiger partial charge in [0.2, 0.25) is 5.96 Å². The number of nitriles is 1. The summed E-state index contributed by atoms with van der Waals surface area (Å²) >= 11 is 18.7. The minimum atomic E-state index is -0.510. The Morgan fingerprint density at radius 1 is 1.06 bits per heavy atom. The average molecular weight is 538 g/mol. The van der Waals surface area contributed by atoms with Gasteiger partial charge in [-0.25, -0.2) is 9.98 Å². The third-order valence-corrected chi connectivity index (χ3v) is 5.96. The second-order valence-corrected chi connectivity index (χ2v) is 8.98. The van der Waals surface area contributed by atoms with Gasteiger partial charge in [-0.05, 0) is 60.2 Å². The molecule has 0 aliphatic carbocycles. The van der Waals surface area contributed by atoms with Gasteiger partial charge in [0.05, 0.1) is 30.5 Å². The maximum Gasteiger partial charge on any atom is 0.258 e. The molecule has 0 unspecified atom stereocenters. The molecular formula is C26H19Cl3N6O. The summed E-state index contributed by atoms with van der Waals surface area (Å²) in [6, 6.07) is 20.1. The zero-order valence-electron chi connectivity index (χ0n) is 18.7. The quantitative estimate of drug-likeness (QED) is 0.221. The molecule has 3 aromatic carbocycles. The zero-order valence-corrected chi connectivity index (χ0v) is 21.0. The van der Waals surface area contributed by atoms with Crippen LogP contribution in [-0.4, -0.2) is 21.4 Å². The molecule has 7 nitrogen and oxygen atoms in total. The van der Waals surface area contributed by atoms with E-state index in [4.69, 9.17) is 39.8 Å². The number of carbonyl (C=O) groups is 1. The van der Waals surface area contributed by atoms with Gasteiger partial charge in [0.25, 0.3) is 5.91 Å². The van der Waals surface area contributed by atoms with Gasteiger partial charge in [-0.1, -0.05) is 46.9 Å². The maximum atomic E-state index is 13.1. The Balaban J connectivity index is 1.73. The maximum absolute atomic E-state index is 13.1. The van der Waals surface area contributed by atoms with Crippen molar-refractivity contribution in [3.8, 4) is 6.07 Å². The molecule has 0 saturated heterocycles. The minimum absolute atomic E-state index is 0.181. The number of benzene rings is 3. The summed E-state index contributed by atoms with van der Waals surface area (Å²) in [5, 5.41) is 16.7. The molecule has 1 heterocycles. The van der Waals surface area contributed by atoms with Crippen molar-refractivity contribution in [2.24, 2.45) is 4.99 Å². The number of imidazole rings is 1. The van der Waals surface area contributed by atoms with Crippen LogP contribution in [0.3, 0.4) is 0 Å². The van der Waals surface area contributed by atoms with Crippen LogP contribution in [0.4, 0.5) is 5.69 Å². The lowest BCUT2D eigenvalue weighted by Crippen LogP contribution is -2.36. The van der Waals surface area contributed by atoms with Crippen molar-refractivity contribution in [1.29, 1.82) is 5.26 Å². The normalized spacial score (nSPS) is 12.0. The van der Waals surface area contributed by atoms with E-state index in [0.29, 0.717) is 44.0 Å². The number of anilines is 1. The van der Waals surface area contributed by atoms with E-state index in [1.54, 1.807) is 73.2 Å². The van der Waals surface area contributed by atoms with Crippen LogP contribution in [0.25, 0.3) is 0 Å². The summed E-state index contributed by atoms with van der Waals surface area (Å²) < 4.78 is 1.86. The van der Waals surface area contributed by atoms with Crippen LogP contribution < -0.4 is 10.6 Å². The van der Waals surface area contributed by atoms with Crippen LogP contribution in [-0.2, 0) is 6.54 Å². The fourth-order valence-corrected chi connectivity index (χ4v) is 4.07. The van der Waals surface area contributed by atoms with Crippen molar-refractivity contribution in [1.82, 2.24) is 14.9 Å². The lowest BCUT2D eigenvalue weighted by molar-refractivity contribution is 0.0976. The first kappa shape index (κ1) is 25.3. The highest BCUT2D eigenvalue weighted by atomic mass is 35.5. The molecule has 2 N–H and O–H groups in total. The first-order valence-electron chi connectivity index (χ1n) is 10.7. The molecule has 0 spiro atoms. The van der Waals surface area contributed by atoms with Crippen LogP contribution in [0.2, 0.25) is 15.1 Å². The number of rotatable bonds is 6. The van der Waals surface area contributed by atoms with Crippen LogP contribution in [0.15, 0.2) is 90.4 Å². The first-order chi connectivity index (χ1) is 17.4. The summed E-state index contributed by atoms with van der Waals surface area (Å²) in [4.78, 5) is 22.0. The number of hydrogen-bond donors (Lipinski definition) is 2. The number of guanidine groups is 1. The molecule has 0 aliphatic heterocycles. The third-order valence-electron chi connectivity index (χ3n) is 5.14. The SMILES string of the molecule is N#Cc1cccc(C(=O)NC(=N[C@@H](Cn2ccnc2)c2ccc(Cl)cc2Cl)Nc2ccc(Cl)cc2)c1. The number of nitrogens with one attached hydrogen (secondary N) is 2. The van der Waals surface area contributed by atoms with Crippen molar-refractivity contribution < 1.29 is 4.79 Å². The van der Waals surface area contributed by atoms with Gasteiger partial charge in [-0.2, -0.15) is 5.26 Å². The van der Waals surface area contributed by atoms with E-state index in [1.807, 2.05) is 16.8 Å². The molecule has 180 valence electrons. The van der Waals surface area contributed by atoms with Crippen molar-refractivity contribution in [3.63, 3.8) is 0 Å². The Labute approximate surface area is 223 Å². The first-order valence-corrected chi connectivity index (χ1v) is 11.9. The third kappa shape index (κ3) is 6.64. The number of hydrogen-bond acceptors (Lipinski definition) is 4. The number of aromatic nitrogens is 2. The van der Waals surface area contributed by atoms with Gasteiger partial charge in [-0.3, -0.25) is 10.1 Å². The number of halogens is 3. The van der Waals surface area contributed by atoms with Gasteiger partial charge >= 0.3 is 0 Å². The molecule has 36 heavy (non-hydrogen) atoms. The van der Waals surface area contributed by atoms with Crippen molar-refractivity contribution >= 4 is 52.4 Å². The van der Waals surface area contributed by atoms with E-state index < -0.39 is 11.9 Å². The van der Waals surface area contributed by atoms with Crippen LogP contribution in [0.1, 0.15) is 27.5 Å². The summed E-state index contributed by atoms with van der Waals surface area (Å²) in [6.07, 6.45) is 5.15. The number of aliphatic imine (C=N–C) groups is 1. The molecule has 1 amide bonds. The Kier molecular flexibility index (Phi) is 8.24. The fourth-order valence-electron chi connectivity index (χ4n) is 3.41. The summed E-state index contributed by atoms with van der Waals surface area (Å²) in [7, 11) is 0. The van der Waals surface area contributed by atoms with Crippen LogP contribution in [0.5, 0.6) is 0 Å². The molecule has 0 radical (unpaired) electrons. The van der Waals surface area contributed by atoms with Crippen LogP contribution in [0, 0.1) is 11.3 Å². The Morgan fingerprint density at radius 2 is 1.83 bits per heavy atom. The van der Waals surface area contributed by atoms with Crippen molar-refractivity contribution in [2.75, 3.05) is 5.32 Å². The van der Waals surface area contributed by atoms with E-state index >= 15 is 0 Å². The van der Waals surface area contributed by atoms with Gasteiger partial charge in [0.1, 0.15) is 0 Å². The number of carbonyl (C=O) groups excluding carboxylic acids is 1.